The molecule has 0 radical (unpaired) electrons. The maximum Gasteiger partial charge on any atom is 0.270 e. The first kappa shape index (κ1) is 23.4. The van der Waals surface area contributed by atoms with E-state index in [1.54, 1.807) is 35.2 Å². The number of hydrogen-bond donors (Lipinski definition) is 1. The van der Waals surface area contributed by atoms with Crippen molar-refractivity contribution in [3.8, 4) is 22.9 Å². The molecule has 0 atom stereocenters. The van der Waals surface area contributed by atoms with Gasteiger partial charge < -0.3 is 19.4 Å². The van der Waals surface area contributed by atoms with Crippen molar-refractivity contribution in [3.63, 3.8) is 0 Å². The quantitative estimate of drug-likeness (QED) is 0.415. The van der Waals surface area contributed by atoms with Crippen LogP contribution in [0.15, 0.2) is 83.5 Å². The van der Waals surface area contributed by atoms with Gasteiger partial charge in [-0.15, -0.1) is 0 Å². The van der Waals surface area contributed by atoms with Crippen LogP contribution in [0.4, 0.5) is 0 Å². The minimum absolute atomic E-state index is 0.00642. The van der Waals surface area contributed by atoms with Crippen molar-refractivity contribution in [2.75, 3.05) is 19.7 Å². The van der Waals surface area contributed by atoms with Crippen molar-refractivity contribution < 1.29 is 18.7 Å². The molecule has 2 amide bonds. The van der Waals surface area contributed by atoms with Crippen LogP contribution >= 0.6 is 0 Å². The highest BCUT2D eigenvalue weighted by molar-refractivity contribution is 5.95. The second kappa shape index (κ2) is 10.5. The molecule has 2 aromatic heterocycles. The summed E-state index contributed by atoms with van der Waals surface area (Å²) in [5, 5.41) is 7.76. The van der Waals surface area contributed by atoms with Crippen molar-refractivity contribution in [1.82, 2.24) is 20.0 Å². The smallest absolute Gasteiger partial charge is 0.270 e. The molecule has 0 aliphatic carbocycles. The molecular weight excluding hydrogens is 456 g/mol. The van der Waals surface area contributed by atoms with E-state index in [4.69, 9.17) is 9.15 Å². The van der Waals surface area contributed by atoms with E-state index in [9.17, 15) is 9.59 Å². The molecule has 0 bridgehead atoms. The minimum Gasteiger partial charge on any atom is -0.494 e. The summed E-state index contributed by atoms with van der Waals surface area (Å²) >= 11 is 0. The van der Waals surface area contributed by atoms with Crippen molar-refractivity contribution in [2.45, 2.75) is 25.8 Å². The Labute approximate surface area is 209 Å². The fourth-order valence-corrected chi connectivity index (χ4v) is 4.38. The number of nitrogens with zero attached hydrogens (tertiary/aromatic N) is 3. The molecule has 0 unspecified atom stereocenters. The van der Waals surface area contributed by atoms with Crippen molar-refractivity contribution in [2.24, 2.45) is 0 Å². The first-order valence-corrected chi connectivity index (χ1v) is 12.1. The highest BCUT2D eigenvalue weighted by atomic mass is 16.5. The van der Waals surface area contributed by atoms with Crippen LogP contribution < -0.4 is 10.1 Å². The van der Waals surface area contributed by atoms with Crippen molar-refractivity contribution in [1.29, 1.82) is 0 Å². The summed E-state index contributed by atoms with van der Waals surface area (Å²) in [7, 11) is 0. The van der Waals surface area contributed by atoms with Crippen LogP contribution in [0.5, 0.6) is 5.75 Å². The third-order valence-corrected chi connectivity index (χ3v) is 6.25. The normalized spacial score (nSPS) is 14.0. The fraction of sp³-hybridized carbons (Fsp3) is 0.250. The molecule has 1 saturated heterocycles. The Hall–Kier alpha value is -4.33. The van der Waals surface area contributed by atoms with E-state index in [0.29, 0.717) is 55.2 Å². The summed E-state index contributed by atoms with van der Waals surface area (Å²) in [6.07, 6.45) is 2.94. The number of furan rings is 1. The van der Waals surface area contributed by atoms with Crippen LogP contribution in [0, 0.1) is 0 Å². The van der Waals surface area contributed by atoms with E-state index >= 15 is 0 Å². The summed E-state index contributed by atoms with van der Waals surface area (Å²) in [5.41, 5.74) is 2.44. The van der Waals surface area contributed by atoms with Gasteiger partial charge in [-0.2, -0.15) is 5.10 Å². The Morgan fingerprint density at radius 3 is 2.44 bits per heavy atom. The molecule has 1 fully saturated rings. The summed E-state index contributed by atoms with van der Waals surface area (Å²) < 4.78 is 12.6. The van der Waals surface area contributed by atoms with Crippen LogP contribution in [0.25, 0.3) is 17.1 Å². The van der Waals surface area contributed by atoms with E-state index in [1.807, 2.05) is 60.4 Å². The van der Waals surface area contributed by atoms with Crippen LogP contribution in [-0.2, 0) is 0 Å². The standard InChI is InChI=1S/C28H28N4O4/c1-2-35-23-12-10-20(11-13-23)28(34)31-16-14-21(15-17-31)29-27(33)25-19-24(26-9-6-18-36-26)30-32(25)22-7-4-3-5-8-22/h3-13,18-19,21H,2,14-17H2,1H3,(H,29,33). The van der Waals surface area contributed by atoms with Gasteiger partial charge in [-0.1, -0.05) is 18.2 Å². The predicted molar refractivity (Wildman–Crippen MR) is 135 cm³/mol. The lowest BCUT2D eigenvalue weighted by Crippen LogP contribution is -2.46. The molecule has 1 aliphatic heterocycles. The highest BCUT2D eigenvalue weighted by Gasteiger charge is 2.27. The van der Waals surface area contributed by atoms with E-state index in [1.165, 1.54) is 0 Å². The zero-order valence-electron chi connectivity index (χ0n) is 20.1. The number of hydrogen-bond acceptors (Lipinski definition) is 5. The van der Waals surface area contributed by atoms with Gasteiger partial charge >= 0.3 is 0 Å². The maximum atomic E-state index is 13.3. The number of ether oxygens (including phenoxy) is 1. The number of carbonyl (C=O) groups excluding carboxylic acids is 2. The third kappa shape index (κ3) is 5.02. The number of rotatable bonds is 7. The number of aromatic nitrogens is 2. The lowest BCUT2D eigenvalue weighted by atomic mass is 10.0. The van der Waals surface area contributed by atoms with E-state index in [0.717, 1.165) is 11.4 Å². The minimum atomic E-state index is -0.208. The highest BCUT2D eigenvalue weighted by Crippen LogP contribution is 2.23. The lowest BCUT2D eigenvalue weighted by molar-refractivity contribution is 0.0697. The molecule has 1 aliphatic rings. The van der Waals surface area contributed by atoms with Gasteiger partial charge in [-0.3, -0.25) is 9.59 Å². The van der Waals surface area contributed by atoms with Crippen molar-refractivity contribution >= 4 is 11.8 Å². The van der Waals surface area contributed by atoms with Crippen LogP contribution in [0.3, 0.4) is 0 Å². The van der Waals surface area contributed by atoms with Crippen molar-refractivity contribution in [3.05, 3.63) is 90.3 Å². The number of amides is 2. The van der Waals surface area contributed by atoms with E-state index in [-0.39, 0.29) is 17.9 Å². The van der Waals surface area contributed by atoms with Gasteiger partial charge in [0.25, 0.3) is 11.8 Å². The summed E-state index contributed by atoms with van der Waals surface area (Å²) in [6, 6.07) is 22.1. The van der Waals surface area contributed by atoms with Crippen LogP contribution in [0.2, 0.25) is 0 Å². The maximum absolute atomic E-state index is 13.3. The number of carbonyl (C=O) groups is 2. The Balaban J connectivity index is 1.25. The number of likely N-dealkylation sites (tertiary alicyclic amines) is 1. The molecule has 4 aromatic rings. The zero-order valence-corrected chi connectivity index (χ0v) is 20.1. The number of para-hydroxylation sites is 1. The van der Waals surface area contributed by atoms with Gasteiger partial charge in [0.15, 0.2) is 5.76 Å². The van der Waals surface area contributed by atoms with Gasteiger partial charge in [0.1, 0.15) is 17.1 Å². The molecule has 184 valence electrons. The molecule has 36 heavy (non-hydrogen) atoms. The van der Waals surface area contributed by atoms with Crippen LogP contribution in [-0.4, -0.2) is 52.2 Å². The predicted octanol–water partition coefficient (Wildman–Crippen LogP) is 4.57. The molecule has 3 heterocycles. The fourth-order valence-electron chi connectivity index (χ4n) is 4.38. The third-order valence-electron chi connectivity index (χ3n) is 6.25. The monoisotopic (exact) mass is 484 g/mol. The largest absolute Gasteiger partial charge is 0.494 e. The second-order valence-electron chi connectivity index (χ2n) is 8.64. The Morgan fingerprint density at radius 2 is 1.78 bits per heavy atom. The average Bonchev–Trinajstić information content (AvgIpc) is 3.61. The Morgan fingerprint density at radius 1 is 1.03 bits per heavy atom. The number of nitrogens with one attached hydrogen (secondary N) is 1. The first-order valence-electron chi connectivity index (χ1n) is 12.1. The Kier molecular flexibility index (Phi) is 6.84. The average molecular weight is 485 g/mol. The summed E-state index contributed by atoms with van der Waals surface area (Å²) in [4.78, 5) is 28.1. The topological polar surface area (TPSA) is 89.6 Å². The van der Waals surface area contributed by atoms with Gasteiger partial charge in [0, 0.05) is 30.8 Å². The lowest BCUT2D eigenvalue weighted by Gasteiger charge is -2.32. The van der Waals surface area contributed by atoms with E-state index < -0.39 is 0 Å². The molecular formula is C28H28N4O4. The number of benzene rings is 2. The molecule has 8 heteroatoms. The zero-order chi connectivity index (χ0) is 24.9. The van der Waals surface area contributed by atoms with Gasteiger partial charge in [-0.05, 0) is 68.3 Å². The molecule has 0 spiro atoms. The molecule has 8 nitrogen and oxygen atoms in total. The molecule has 0 saturated carbocycles. The van der Waals surface area contributed by atoms with Gasteiger partial charge in [-0.25, -0.2) is 4.68 Å². The number of piperidine rings is 1. The van der Waals surface area contributed by atoms with Gasteiger partial charge in [0.2, 0.25) is 0 Å². The first-order chi connectivity index (χ1) is 17.6. The van der Waals surface area contributed by atoms with E-state index in [2.05, 4.69) is 10.4 Å². The second-order valence-corrected chi connectivity index (χ2v) is 8.64. The molecule has 2 aromatic carbocycles. The Bertz CT molecular complexity index is 1310. The van der Waals surface area contributed by atoms with Crippen LogP contribution in [0.1, 0.15) is 40.6 Å². The summed E-state index contributed by atoms with van der Waals surface area (Å²) in [6.45, 7) is 3.66. The SMILES string of the molecule is CCOc1ccc(C(=O)N2CCC(NC(=O)c3cc(-c4ccco4)nn3-c3ccccc3)CC2)cc1. The summed E-state index contributed by atoms with van der Waals surface area (Å²) in [5.74, 6) is 1.13. The molecule has 1 N–H and O–H groups in total. The molecule has 5 rings (SSSR count). The van der Waals surface area contributed by atoms with Gasteiger partial charge in [0.05, 0.1) is 18.6 Å².